The quantitative estimate of drug-likeness (QED) is 0.741. The smallest absolute Gasteiger partial charge is 0.136 e. The van der Waals surface area contributed by atoms with Crippen molar-refractivity contribution in [1.29, 1.82) is 0 Å². The van der Waals surface area contributed by atoms with Crippen LogP contribution in [-0.4, -0.2) is 9.97 Å². The number of rotatable bonds is 2. The molecule has 0 aliphatic carbocycles. The molecule has 0 bridgehead atoms. The van der Waals surface area contributed by atoms with Crippen molar-refractivity contribution in [2.24, 2.45) is 0 Å². The van der Waals surface area contributed by atoms with E-state index in [0.29, 0.717) is 11.1 Å². The van der Waals surface area contributed by atoms with Crippen molar-refractivity contribution >= 4 is 11.6 Å². The number of hydrogen-bond donors (Lipinski definition) is 0. The number of benzene rings is 1. The maximum atomic E-state index is 6.22. The first-order valence-corrected chi connectivity index (χ1v) is 6.47. The second kappa shape index (κ2) is 5.07. The topological polar surface area (TPSA) is 25.8 Å². The Bertz CT molecular complexity index is 577. The molecule has 1 aromatic carbocycles. The van der Waals surface area contributed by atoms with E-state index in [0.717, 1.165) is 16.8 Å². The molecule has 0 aliphatic rings. The fourth-order valence-electron chi connectivity index (χ4n) is 2.11. The van der Waals surface area contributed by atoms with Gasteiger partial charge in [-0.2, -0.15) is 0 Å². The lowest BCUT2D eigenvalue weighted by Crippen LogP contribution is -2.00. The summed E-state index contributed by atoms with van der Waals surface area (Å²) < 4.78 is 0. The Hall–Kier alpha value is -1.41. The molecule has 2 nitrogen and oxygen atoms in total. The van der Waals surface area contributed by atoms with E-state index in [1.54, 1.807) is 0 Å². The summed E-state index contributed by atoms with van der Waals surface area (Å²) in [5.41, 5.74) is 5.62. The Labute approximate surface area is 113 Å². The monoisotopic (exact) mass is 260 g/mol. The van der Waals surface area contributed by atoms with Crippen LogP contribution in [0.2, 0.25) is 5.15 Å². The van der Waals surface area contributed by atoms with Crippen LogP contribution in [0.4, 0.5) is 0 Å². The van der Waals surface area contributed by atoms with Gasteiger partial charge in [0, 0.05) is 11.1 Å². The minimum atomic E-state index is 0.300. The van der Waals surface area contributed by atoms with E-state index in [-0.39, 0.29) is 0 Å². The second-order valence-electron chi connectivity index (χ2n) is 4.83. The number of aryl methyl sites for hydroxylation is 1. The van der Waals surface area contributed by atoms with E-state index in [1.807, 2.05) is 0 Å². The van der Waals surface area contributed by atoms with Crippen LogP contribution in [0.1, 0.15) is 36.5 Å². The zero-order chi connectivity index (χ0) is 13.3. The number of hydrogen-bond acceptors (Lipinski definition) is 2. The highest BCUT2D eigenvalue weighted by molar-refractivity contribution is 6.30. The van der Waals surface area contributed by atoms with E-state index in [1.165, 1.54) is 17.5 Å². The third-order valence-corrected chi connectivity index (χ3v) is 3.57. The molecule has 0 atom stereocenters. The van der Waals surface area contributed by atoms with Gasteiger partial charge in [-0.3, -0.25) is 0 Å². The van der Waals surface area contributed by atoms with Crippen LogP contribution in [-0.2, 0) is 0 Å². The zero-order valence-electron chi connectivity index (χ0n) is 11.2. The third-order valence-electron chi connectivity index (χ3n) is 3.27. The fourth-order valence-corrected chi connectivity index (χ4v) is 2.46. The minimum absolute atomic E-state index is 0.300. The van der Waals surface area contributed by atoms with Crippen LogP contribution in [0.25, 0.3) is 11.3 Å². The normalized spacial score (nSPS) is 11.0. The van der Waals surface area contributed by atoms with Crippen LogP contribution in [0.3, 0.4) is 0 Å². The largest absolute Gasteiger partial charge is 0.236 e. The second-order valence-corrected chi connectivity index (χ2v) is 5.19. The maximum Gasteiger partial charge on any atom is 0.136 e. The van der Waals surface area contributed by atoms with Crippen molar-refractivity contribution in [3.63, 3.8) is 0 Å². The summed E-state index contributed by atoms with van der Waals surface area (Å²) in [5, 5.41) is 0.552. The molecule has 0 unspecified atom stereocenters. The molecule has 2 rings (SSSR count). The average Bonchev–Trinajstić information content (AvgIpc) is 2.32. The van der Waals surface area contributed by atoms with Gasteiger partial charge >= 0.3 is 0 Å². The van der Waals surface area contributed by atoms with Gasteiger partial charge in [-0.25, -0.2) is 9.97 Å². The highest BCUT2D eigenvalue weighted by Gasteiger charge is 2.16. The van der Waals surface area contributed by atoms with Gasteiger partial charge in [-0.15, -0.1) is 0 Å². The molecule has 94 valence electrons. The summed E-state index contributed by atoms with van der Waals surface area (Å²) in [6.45, 7) is 8.44. The van der Waals surface area contributed by atoms with Crippen LogP contribution >= 0.6 is 11.6 Å². The molecule has 0 saturated carbocycles. The van der Waals surface area contributed by atoms with Crippen molar-refractivity contribution in [1.82, 2.24) is 9.97 Å². The van der Waals surface area contributed by atoms with E-state index >= 15 is 0 Å². The standard InChI is InChI=1S/C15H17ClN2/c1-9(2)13-14(17-8-18-15(13)16)12-7-5-6-10(3)11(12)4/h5-9H,1-4H3. The van der Waals surface area contributed by atoms with Crippen LogP contribution in [0.5, 0.6) is 0 Å². The Balaban J connectivity index is 2.72. The molecule has 0 saturated heterocycles. The van der Waals surface area contributed by atoms with E-state index in [4.69, 9.17) is 11.6 Å². The Morgan fingerprint density at radius 1 is 1.11 bits per heavy atom. The van der Waals surface area contributed by atoms with E-state index in [2.05, 4.69) is 55.9 Å². The molecule has 0 radical (unpaired) electrons. The van der Waals surface area contributed by atoms with Gasteiger partial charge in [0.1, 0.15) is 11.5 Å². The lowest BCUT2D eigenvalue weighted by Gasteiger charge is -2.15. The van der Waals surface area contributed by atoms with Crippen LogP contribution in [0.15, 0.2) is 24.5 Å². The predicted octanol–water partition coefficient (Wildman–Crippen LogP) is 4.54. The average molecular weight is 261 g/mol. The molecule has 1 heterocycles. The Morgan fingerprint density at radius 3 is 2.50 bits per heavy atom. The predicted molar refractivity (Wildman–Crippen MR) is 76.0 cm³/mol. The van der Waals surface area contributed by atoms with E-state index in [9.17, 15) is 0 Å². The van der Waals surface area contributed by atoms with Gasteiger partial charge < -0.3 is 0 Å². The molecule has 0 spiro atoms. The fraction of sp³-hybridized carbons (Fsp3) is 0.333. The first-order chi connectivity index (χ1) is 8.52. The van der Waals surface area contributed by atoms with Crippen molar-refractivity contribution in [3.8, 4) is 11.3 Å². The highest BCUT2D eigenvalue weighted by atomic mass is 35.5. The molecule has 1 aromatic heterocycles. The number of halogens is 1. The molecule has 0 fully saturated rings. The Morgan fingerprint density at radius 2 is 1.83 bits per heavy atom. The van der Waals surface area contributed by atoms with Crippen molar-refractivity contribution in [2.75, 3.05) is 0 Å². The van der Waals surface area contributed by atoms with Crippen molar-refractivity contribution in [2.45, 2.75) is 33.6 Å². The first kappa shape index (κ1) is 13.0. The zero-order valence-corrected chi connectivity index (χ0v) is 11.9. The van der Waals surface area contributed by atoms with Gasteiger partial charge in [0.15, 0.2) is 0 Å². The van der Waals surface area contributed by atoms with Gasteiger partial charge in [-0.1, -0.05) is 43.6 Å². The minimum Gasteiger partial charge on any atom is -0.236 e. The summed E-state index contributed by atoms with van der Waals surface area (Å²) in [6, 6.07) is 6.25. The summed E-state index contributed by atoms with van der Waals surface area (Å²) in [7, 11) is 0. The van der Waals surface area contributed by atoms with Gasteiger partial charge in [-0.05, 0) is 30.9 Å². The lowest BCUT2D eigenvalue weighted by atomic mass is 9.94. The van der Waals surface area contributed by atoms with Gasteiger partial charge in [0.2, 0.25) is 0 Å². The van der Waals surface area contributed by atoms with Crippen LogP contribution in [0, 0.1) is 13.8 Å². The van der Waals surface area contributed by atoms with Crippen molar-refractivity contribution < 1.29 is 0 Å². The maximum absolute atomic E-state index is 6.22. The Kier molecular flexibility index (Phi) is 3.67. The first-order valence-electron chi connectivity index (χ1n) is 6.09. The number of nitrogens with zero attached hydrogens (tertiary/aromatic N) is 2. The van der Waals surface area contributed by atoms with Crippen molar-refractivity contribution in [3.05, 3.63) is 46.4 Å². The summed E-state index contributed by atoms with van der Waals surface area (Å²) >= 11 is 6.22. The summed E-state index contributed by atoms with van der Waals surface area (Å²) in [4.78, 5) is 8.53. The molecular weight excluding hydrogens is 244 g/mol. The highest BCUT2D eigenvalue weighted by Crippen LogP contribution is 2.33. The van der Waals surface area contributed by atoms with Gasteiger partial charge in [0.25, 0.3) is 0 Å². The molecule has 0 amide bonds. The molecule has 0 N–H and O–H groups in total. The molecular formula is C15H17ClN2. The third kappa shape index (κ3) is 2.25. The van der Waals surface area contributed by atoms with Crippen LogP contribution < -0.4 is 0 Å². The molecule has 0 aliphatic heterocycles. The molecule has 3 heteroatoms. The van der Waals surface area contributed by atoms with E-state index < -0.39 is 0 Å². The summed E-state index contributed by atoms with van der Waals surface area (Å²) in [5.74, 6) is 0.300. The SMILES string of the molecule is Cc1cccc(-c2ncnc(Cl)c2C(C)C)c1C. The van der Waals surface area contributed by atoms with Gasteiger partial charge in [0.05, 0.1) is 5.69 Å². The summed E-state index contributed by atoms with van der Waals surface area (Å²) in [6.07, 6.45) is 1.53. The molecule has 18 heavy (non-hydrogen) atoms. The lowest BCUT2D eigenvalue weighted by molar-refractivity contribution is 0.849. The molecule has 2 aromatic rings. The number of aromatic nitrogens is 2.